The molecule has 92 valence electrons. The fourth-order valence-corrected chi connectivity index (χ4v) is 2.65. The third-order valence-corrected chi connectivity index (χ3v) is 3.37. The lowest BCUT2D eigenvalue weighted by molar-refractivity contribution is -0.0120. The highest BCUT2D eigenvalue weighted by Crippen LogP contribution is 2.04. The van der Waals surface area contributed by atoms with E-state index in [0.717, 1.165) is 0 Å². The quantitative estimate of drug-likeness (QED) is 0.653. The van der Waals surface area contributed by atoms with Crippen LogP contribution in [0.1, 0.15) is 20.8 Å². The first-order valence-electron chi connectivity index (χ1n) is 4.87. The largest absolute Gasteiger partial charge is 0.386 e. The number of sulfonamides is 1. The second-order valence-electron chi connectivity index (χ2n) is 4.43. The number of nitrogens with one attached hydrogen (secondary N) is 1. The first-order valence-corrected chi connectivity index (χ1v) is 6.52. The summed E-state index contributed by atoms with van der Waals surface area (Å²) in [4.78, 5) is 0. The van der Waals surface area contributed by atoms with Gasteiger partial charge in [0.25, 0.3) is 0 Å². The van der Waals surface area contributed by atoms with Crippen molar-refractivity contribution < 1.29 is 18.3 Å². The Morgan fingerprint density at radius 2 is 2.00 bits per heavy atom. The van der Waals surface area contributed by atoms with E-state index >= 15 is 0 Å². The van der Waals surface area contributed by atoms with E-state index in [1.807, 2.05) is 13.8 Å². The van der Waals surface area contributed by atoms with E-state index < -0.39 is 15.6 Å². The summed E-state index contributed by atoms with van der Waals surface area (Å²) < 4.78 is 30.0. The summed E-state index contributed by atoms with van der Waals surface area (Å²) in [6, 6.07) is 0. The summed E-state index contributed by atoms with van der Waals surface area (Å²) in [5.74, 6) is 0.130. The van der Waals surface area contributed by atoms with E-state index in [1.165, 1.54) is 14.0 Å². The van der Waals surface area contributed by atoms with E-state index in [9.17, 15) is 13.5 Å². The van der Waals surface area contributed by atoms with E-state index in [0.29, 0.717) is 0 Å². The molecule has 0 aromatic carbocycles. The lowest BCUT2D eigenvalue weighted by atomic mass is 10.1. The SMILES string of the molecule is COCC(C)(O)CNS(=O)(=O)CC(C)C. The summed E-state index contributed by atoms with van der Waals surface area (Å²) in [6.07, 6.45) is 0. The number of hydrogen-bond donors (Lipinski definition) is 2. The molecule has 0 aromatic heterocycles. The minimum absolute atomic E-state index is 0.0319. The van der Waals surface area contributed by atoms with E-state index in [4.69, 9.17) is 4.74 Å². The van der Waals surface area contributed by atoms with Crippen molar-refractivity contribution in [2.45, 2.75) is 26.4 Å². The molecule has 0 aromatic rings. The van der Waals surface area contributed by atoms with Crippen molar-refractivity contribution in [2.24, 2.45) is 5.92 Å². The fourth-order valence-electron chi connectivity index (χ4n) is 1.13. The molecule has 0 aliphatic rings. The molecule has 15 heavy (non-hydrogen) atoms. The molecule has 0 rings (SSSR count). The van der Waals surface area contributed by atoms with Gasteiger partial charge in [-0.05, 0) is 12.8 Å². The fraction of sp³-hybridized carbons (Fsp3) is 1.00. The minimum atomic E-state index is -3.30. The van der Waals surface area contributed by atoms with Crippen molar-refractivity contribution >= 4 is 10.0 Å². The van der Waals surface area contributed by atoms with Gasteiger partial charge in [-0.25, -0.2) is 13.1 Å². The Morgan fingerprint density at radius 1 is 1.47 bits per heavy atom. The lowest BCUT2D eigenvalue weighted by Gasteiger charge is -2.22. The molecule has 1 unspecified atom stereocenters. The van der Waals surface area contributed by atoms with Crippen LogP contribution in [0.5, 0.6) is 0 Å². The zero-order chi connectivity index (χ0) is 12.1. The molecule has 6 heteroatoms. The monoisotopic (exact) mass is 239 g/mol. The van der Waals surface area contributed by atoms with Crippen LogP contribution in [0.4, 0.5) is 0 Å². The summed E-state index contributed by atoms with van der Waals surface area (Å²) in [7, 11) is -1.84. The maximum atomic E-state index is 11.4. The number of rotatable bonds is 7. The van der Waals surface area contributed by atoms with Gasteiger partial charge in [-0.1, -0.05) is 13.8 Å². The number of hydrogen-bond acceptors (Lipinski definition) is 4. The number of aliphatic hydroxyl groups is 1. The summed E-state index contributed by atoms with van der Waals surface area (Å²) >= 11 is 0. The predicted octanol–water partition coefficient (Wildman–Crippen LogP) is -0.0408. The van der Waals surface area contributed by atoms with Crippen LogP contribution in [-0.4, -0.2) is 45.1 Å². The van der Waals surface area contributed by atoms with Crippen molar-refractivity contribution in [1.82, 2.24) is 4.72 Å². The second-order valence-corrected chi connectivity index (χ2v) is 6.28. The van der Waals surface area contributed by atoms with Gasteiger partial charge in [-0.2, -0.15) is 0 Å². The molecule has 1 atom stereocenters. The molecular weight excluding hydrogens is 218 g/mol. The molecule has 0 fully saturated rings. The molecule has 0 saturated carbocycles. The Hall–Kier alpha value is -0.170. The van der Waals surface area contributed by atoms with Crippen molar-refractivity contribution in [1.29, 1.82) is 0 Å². The first-order chi connectivity index (χ1) is 6.68. The Labute approximate surface area is 91.9 Å². The number of methoxy groups -OCH3 is 1. The van der Waals surface area contributed by atoms with E-state index in [2.05, 4.69) is 4.72 Å². The summed E-state index contributed by atoms with van der Waals surface area (Å²) in [5, 5.41) is 9.66. The molecular formula is C9H21NO4S. The molecule has 0 aliphatic heterocycles. The third kappa shape index (κ3) is 7.72. The molecule has 0 amide bonds. The van der Waals surface area contributed by atoms with E-state index in [1.54, 1.807) is 0 Å². The van der Waals surface area contributed by atoms with Crippen LogP contribution >= 0.6 is 0 Å². The molecule has 0 aliphatic carbocycles. The Balaban J connectivity index is 4.14. The van der Waals surface area contributed by atoms with Gasteiger partial charge in [0, 0.05) is 13.7 Å². The highest BCUT2D eigenvalue weighted by Gasteiger charge is 2.23. The Morgan fingerprint density at radius 3 is 2.40 bits per heavy atom. The van der Waals surface area contributed by atoms with Crippen LogP contribution in [0.15, 0.2) is 0 Å². The second kappa shape index (κ2) is 5.79. The Kier molecular flexibility index (Phi) is 5.72. The average molecular weight is 239 g/mol. The molecule has 0 radical (unpaired) electrons. The molecule has 5 nitrogen and oxygen atoms in total. The van der Waals surface area contributed by atoms with Crippen LogP contribution in [0.3, 0.4) is 0 Å². The number of ether oxygens (including phenoxy) is 1. The predicted molar refractivity (Wildman–Crippen MR) is 59.1 cm³/mol. The van der Waals surface area contributed by atoms with Crippen molar-refractivity contribution in [2.75, 3.05) is 26.0 Å². The van der Waals surface area contributed by atoms with Gasteiger partial charge in [-0.3, -0.25) is 0 Å². The molecule has 2 N–H and O–H groups in total. The molecule has 0 heterocycles. The Bertz CT molecular complexity index is 272. The zero-order valence-corrected chi connectivity index (χ0v) is 10.6. The van der Waals surface area contributed by atoms with Crippen molar-refractivity contribution in [3.63, 3.8) is 0 Å². The normalized spacial score (nSPS) is 16.7. The van der Waals surface area contributed by atoms with Crippen molar-refractivity contribution in [3.8, 4) is 0 Å². The zero-order valence-electron chi connectivity index (χ0n) is 9.78. The van der Waals surface area contributed by atoms with Gasteiger partial charge in [0.1, 0.15) is 0 Å². The third-order valence-electron chi connectivity index (χ3n) is 1.68. The summed E-state index contributed by atoms with van der Waals surface area (Å²) in [5.41, 5.74) is -1.17. The standard InChI is InChI=1S/C9H21NO4S/c1-8(2)5-15(12,13)10-6-9(3,11)7-14-4/h8,10-11H,5-7H2,1-4H3. The van der Waals surface area contributed by atoms with Gasteiger partial charge in [-0.15, -0.1) is 0 Å². The molecule has 0 saturated heterocycles. The van der Waals surface area contributed by atoms with Gasteiger partial charge in [0.05, 0.1) is 18.0 Å². The summed E-state index contributed by atoms with van der Waals surface area (Å²) in [6.45, 7) is 5.24. The first kappa shape index (κ1) is 14.8. The highest BCUT2D eigenvalue weighted by molar-refractivity contribution is 7.89. The van der Waals surface area contributed by atoms with Gasteiger partial charge in [0.15, 0.2) is 0 Å². The average Bonchev–Trinajstić information content (AvgIpc) is 1.99. The van der Waals surface area contributed by atoms with Crippen LogP contribution in [0, 0.1) is 5.92 Å². The highest BCUT2D eigenvalue weighted by atomic mass is 32.2. The minimum Gasteiger partial charge on any atom is -0.386 e. The maximum absolute atomic E-state index is 11.4. The van der Waals surface area contributed by atoms with Crippen molar-refractivity contribution in [3.05, 3.63) is 0 Å². The van der Waals surface area contributed by atoms with E-state index in [-0.39, 0.29) is 24.8 Å². The smallest absolute Gasteiger partial charge is 0.211 e. The molecule has 0 bridgehead atoms. The topological polar surface area (TPSA) is 75.6 Å². The van der Waals surface area contributed by atoms with Crippen LogP contribution in [0.25, 0.3) is 0 Å². The molecule has 0 spiro atoms. The van der Waals surface area contributed by atoms with Crippen LogP contribution in [-0.2, 0) is 14.8 Å². The van der Waals surface area contributed by atoms with Gasteiger partial charge >= 0.3 is 0 Å². The van der Waals surface area contributed by atoms with Crippen LogP contribution < -0.4 is 4.72 Å². The van der Waals surface area contributed by atoms with Gasteiger partial charge < -0.3 is 9.84 Å². The maximum Gasteiger partial charge on any atom is 0.211 e. The van der Waals surface area contributed by atoms with Gasteiger partial charge in [0.2, 0.25) is 10.0 Å². The lowest BCUT2D eigenvalue weighted by Crippen LogP contribution is -2.44. The van der Waals surface area contributed by atoms with Crippen LogP contribution in [0.2, 0.25) is 0 Å².